The molecule has 0 bridgehead atoms. The van der Waals surface area contributed by atoms with Crippen LogP contribution in [-0.2, 0) is 0 Å². The fourth-order valence-electron chi connectivity index (χ4n) is 2.09. The van der Waals surface area contributed by atoms with Gasteiger partial charge in [0, 0.05) is 29.5 Å². The maximum absolute atomic E-state index is 12.0. The lowest BCUT2D eigenvalue weighted by molar-refractivity contribution is 0.0912. The Morgan fingerprint density at radius 2 is 2.41 bits per heavy atom. The van der Waals surface area contributed by atoms with Crippen molar-refractivity contribution in [2.24, 2.45) is 0 Å². The highest BCUT2D eigenvalue weighted by molar-refractivity contribution is 9.10. The van der Waals surface area contributed by atoms with Crippen LogP contribution in [0.4, 0.5) is 0 Å². The number of likely N-dealkylation sites (tertiary alicyclic amines) is 1. The van der Waals surface area contributed by atoms with Gasteiger partial charge in [0.05, 0.1) is 5.56 Å². The van der Waals surface area contributed by atoms with E-state index < -0.39 is 0 Å². The first-order valence-electron chi connectivity index (χ1n) is 5.75. The van der Waals surface area contributed by atoms with Crippen LogP contribution in [-0.4, -0.2) is 42.0 Å². The fourth-order valence-corrected chi connectivity index (χ4v) is 2.45. The van der Waals surface area contributed by atoms with Crippen LogP contribution in [0.5, 0.6) is 0 Å². The van der Waals surface area contributed by atoms with E-state index >= 15 is 0 Å². The standard InChI is InChI=1S/C12H16BrN3O/c1-16-4-2-3-11(8-16)15-12(17)9-5-10(13)7-14-6-9/h5-7,11H,2-4,8H2,1H3,(H,15,17). The third-order valence-corrected chi connectivity index (χ3v) is 3.36. The molecule has 0 radical (unpaired) electrons. The number of likely N-dealkylation sites (N-methyl/N-ethyl adjacent to an activating group) is 1. The molecule has 1 N–H and O–H groups in total. The van der Waals surface area contributed by atoms with Gasteiger partial charge in [0.1, 0.15) is 0 Å². The number of amides is 1. The van der Waals surface area contributed by atoms with Gasteiger partial charge in [-0.15, -0.1) is 0 Å². The summed E-state index contributed by atoms with van der Waals surface area (Å²) in [6.07, 6.45) is 5.45. The number of nitrogens with zero attached hydrogens (tertiary/aromatic N) is 2. The third-order valence-electron chi connectivity index (χ3n) is 2.93. The molecule has 1 unspecified atom stereocenters. The lowest BCUT2D eigenvalue weighted by Gasteiger charge is -2.30. The van der Waals surface area contributed by atoms with Crippen LogP contribution < -0.4 is 5.32 Å². The van der Waals surface area contributed by atoms with Gasteiger partial charge in [-0.25, -0.2) is 0 Å². The molecule has 1 aliphatic rings. The molecule has 1 aromatic rings. The van der Waals surface area contributed by atoms with E-state index in [0.29, 0.717) is 5.56 Å². The van der Waals surface area contributed by atoms with Gasteiger partial charge in [-0.1, -0.05) is 0 Å². The van der Waals surface area contributed by atoms with E-state index in [-0.39, 0.29) is 11.9 Å². The van der Waals surface area contributed by atoms with E-state index in [2.05, 4.69) is 38.2 Å². The summed E-state index contributed by atoms with van der Waals surface area (Å²) in [5, 5.41) is 3.05. The van der Waals surface area contributed by atoms with Gasteiger partial charge < -0.3 is 10.2 Å². The van der Waals surface area contributed by atoms with E-state index in [4.69, 9.17) is 0 Å². The molecule has 0 spiro atoms. The van der Waals surface area contributed by atoms with Crippen molar-refractivity contribution in [3.05, 3.63) is 28.5 Å². The first-order chi connectivity index (χ1) is 8.15. The summed E-state index contributed by atoms with van der Waals surface area (Å²) in [4.78, 5) is 18.2. The molecule has 1 aromatic heterocycles. The Kier molecular flexibility index (Phi) is 4.12. The van der Waals surface area contributed by atoms with Gasteiger partial charge in [-0.05, 0) is 48.4 Å². The molecule has 0 aromatic carbocycles. The number of pyridine rings is 1. The Bertz CT molecular complexity index is 410. The Balaban J connectivity index is 1.97. The predicted molar refractivity (Wildman–Crippen MR) is 69.9 cm³/mol. The van der Waals surface area contributed by atoms with Gasteiger partial charge in [0.2, 0.25) is 0 Å². The van der Waals surface area contributed by atoms with Crippen LogP contribution in [0.3, 0.4) is 0 Å². The topological polar surface area (TPSA) is 45.2 Å². The van der Waals surface area contributed by atoms with Crippen molar-refractivity contribution in [2.75, 3.05) is 20.1 Å². The summed E-state index contributed by atoms with van der Waals surface area (Å²) in [5.41, 5.74) is 0.604. The largest absolute Gasteiger partial charge is 0.348 e. The second-order valence-corrected chi connectivity index (χ2v) is 5.38. The summed E-state index contributed by atoms with van der Waals surface area (Å²) in [6.45, 7) is 2.04. The number of rotatable bonds is 2. The van der Waals surface area contributed by atoms with E-state index in [1.54, 1.807) is 18.5 Å². The Labute approximate surface area is 110 Å². The van der Waals surface area contributed by atoms with Gasteiger partial charge in [0.15, 0.2) is 0 Å². The lowest BCUT2D eigenvalue weighted by Crippen LogP contribution is -2.46. The van der Waals surface area contributed by atoms with Gasteiger partial charge >= 0.3 is 0 Å². The van der Waals surface area contributed by atoms with Gasteiger partial charge in [0.25, 0.3) is 5.91 Å². The second kappa shape index (κ2) is 5.60. The summed E-state index contributed by atoms with van der Waals surface area (Å²) < 4.78 is 0.825. The minimum absolute atomic E-state index is 0.0425. The first-order valence-corrected chi connectivity index (χ1v) is 6.54. The quantitative estimate of drug-likeness (QED) is 0.903. The number of piperidine rings is 1. The Morgan fingerprint density at radius 3 is 3.12 bits per heavy atom. The van der Waals surface area contributed by atoms with E-state index in [0.717, 1.165) is 30.4 Å². The molecule has 0 saturated carbocycles. The molecule has 0 aliphatic carbocycles. The van der Waals surface area contributed by atoms with E-state index in [1.807, 2.05) is 0 Å². The Hall–Kier alpha value is -0.940. The van der Waals surface area contributed by atoms with Crippen molar-refractivity contribution in [3.63, 3.8) is 0 Å². The summed E-state index contributed by atoms with van der Waals surface area (Å²) in [5.74, 6) is -0.0425. The molecule has 1 fully saturated rings. The molecule has 1 amide bonds. The average molecular weight is 298 g/mol. The Morgan fingerprint density at radius 1 is 1.59 bits per heavy atom. The zero-order valence-electron chi connectivity index (χ0n) is 9.82. The number of hydrogen-bond acceptors (Lipinski definition) is 3. The van der Waals surface area contributed by atoms with Crippen molar-refractivity contribution in [1.29, 1.82) is 0 Å². The van der Waals surface area contributed by atoms with Gasteiger partial charge in [-0.3, -0.25) is 9.78 Å². The van der Waals surface area contributed by atoms with Crippen molar-refractivity contribution in [1.82, 2.24) is 15.2 Å². The van der Waals surface area contributed by atoms with Gasteiger partial charge in [-0.2, -0.15) is 0 Å². The van der Waals surface area contributed by atoms with Crippen molar-refractivity contribution in [3.8, 4) is 0 Å². The molecule has 17 heavy (non-hydrogen) atoms. The summed E-state index contributed by atoms with van der Waals surface area (Å²) in [7, 11) is 2.08. The molecule has 1 aliphatic heterocycles. The fraction of sp³-hybridized carbons (Fsp3) is 0.500. The van der Waals surface area contributed by atoms with Crippen LogP contribution in [0.2, 0.25) is 0 Å². The molecule has 4 nitrogen and oxygen atoms in total. The minimum atomic E-state index is -0.0425. The molecule has 92 valence electrons. The third kappa shape index (κ3) is 3.51. The molecule has 2 rings (SSSR count). The molecule has 1 atom stereocenters. The average Bonchev–Trinajstić information content (AvgIpc) is 2.29. The van der Waals surface area contributed by atoms with Crippen molar-refractivity contribution in [2.45, 2.75) is 18.9 Å². The number of halogens is 1. The predicted octanol–water partition coefficient (Wildman–Crippen LogP) is 1.67. The van der Waals surface area contributed by atoms with Crippen LogP contribution in [0.15, 0.2) is 22.9 Å². The smallest absolute Gasteiger partial charge is 0.253 e. The zero-order valence-corrected chi connectivity index (χ0v) is 11.4. The van der Waals surface area contributed by atoms with Crippen molar-refractivity contribution < 1.29 is 4.79 Å². The maximum atomic E-state index is 12.0. The second-order valence-electron chi connectivity index (χ2n) is 4.47. The number of carbonyl (C=O) groups is 1. The number of aromatic nitrogens is 1. The maximum Gasteiger partial charge on any atom is 0.253 e. The highest BCUT2D eigenvalue weighted by Gasteiger charge is 2.19. The number of hydrogen-bond donors (Lipinski definition) is 1. The summed E-state index contributed by atoms with van der Waals surface area (Å²) in [6, 6.07) is 2.04. The molecular formula is C12H16BrN3O. The first kappa shape index (κ1) is 12.5. The summed E-state index contributed by atoms with van der Waals surface area (Å²) >= 11 is 3.31. The van der Waals surface area contributed by atoms with E-state index in [9.17, 15) is 4.79 Å². The SMILES string of the molecule is CN1CCCC(NC(=O)c2cncc(Br)c2)C1. The molecule has 2 heterocycles. The number of nitrogens with one attached hydrogen (secondary N) is 1. The highest BCUT2D eigenvalue weighted by Crippen LogP contribution is 2.11. The highest BCUT2D eigenvalue weighted by atomic mass is 79.9. The molecule has 5 heteroatoms. The normalized spacial score (nSPS) is 21.2. The molecule has 1 saturated heterocycles. The van der Waals surface area contributed by atoms with Crippen LogP contribution in [0, 0.1) is 0 Å². The van der Waals surface area contributed by atoms with Crippen LogP contribution in [0.25, 0.3) is 0 Å². The van der Waals surface area contributed by atoms with Crippen LogP contribution >= 0.6 is 15.9 Å². The molecular weight excluding hydrogens is 282 g/mol. The number of carbonyl (C=O) groups excluding carboxylic acids is 1. The zero-order chi connectivity index (χ0) is 12.3. The minimum Gasteiger partial charge on any atom is -0.348 e. The van der Waals surface area contributed by atoms with Crippen LogP contribution in [0.1, 0.15) is 23.2 Å². The lowest BCUT2D eigenvalue weighted by atomic mass is 10.1. The van der Waals surface area contributed by atoms with E-state index in [1.165, 1.54) is 0 Å². The monoisotopic (exact) mass is 297 g/mol. The van der Waals surface area contributed by atoms with Crippen molar-refractivity contribution >= 4 is 21.8 Å².